The molecule has 16 heavy (non-hydrogen) atoms. The van der Waals surface area contributed by atoms with Gasteiger partial charge in [0.2, 0.25) is 0 Å². The van der Waals surface area contributed by atoms with Crippen molar-refractivity contribution in [3.63, 3.8) is 0 Å². The summed E-state index contributed by atoms with van der Waals surface area (Å²) in [6.45, 7) is 7.33. The molecule has 0 aromatic carbocycles. The molecule has 0 amide bonds. The number of hydrogen-bond acceptors (Lipinski definition) is 5. The predicted molar refractivity (Wildman–Crippen MR) is 59.9 cm³/mol. The minimum Gasteiger partial charge on any atom is -0.465 e. The van der Waals surface area contributed by atoms with Crippen LogP contribution in [0.4, 0.5) is 0 Å². The molecule has 5 heteroatoms. The van der Waals surface area contributed by atoms with E-state index in [1.54, 1.807) is 13.8 Å². The van der Waals surface area contributed by atoms with E-state index in [1.807, 2.05) is 6.92 Å². The SMILES string of the molecule is CCNCCC(C(=O)OCC)C(=O)OCC. The summed E-state index contributed by atoms with van der Waals surface area (Å²) in [6.07, 6.45) is 0.408. The first-order chi connectivity index (χ1) is 7.67. The zero-order valence-corrected chi connectivity index (χ0v) is 10.2. The number of nitrogens with one attached hydrogen (secondary N) is 1. The Bertz CT molecular complexity index is 200. The number of esters is 2. The molecule has 0 saturated carbocycles. The van der Waals surface area contributed by atoms with Crippen molar-refractivity contribution in [2.75, 3.05) is 26.3 Å². The first-order valence-electron chi connectivity index (χ1n) is 5.71. The van der Waals surface area contributed by atoms with Gasteiger partial charge in [0.1, 0.15) is 0 Å². The maximum atomic E-state index is 11.5. The molecule has 0 bridgehead atoms. The first-order valence-corrected chi connectivity index (χ1v) is 5.71. The van der Waals surface area contributed by atoms with Crippen LogP contribution in [-0.4, -0.2) is 38.2 Å². The van der Waals surface area contributed by atoms with Crippen LogP contribution in [0.2, 0.25) is 0 Å². The van der Waals surface area contributed by atoms with Gasteiger partial charge in [-0.3, -0.25) is 9.59 Å². The van der Waals surface area contributed by atoms with Gasteiger partial charge < -0.3 is 14.8 Å². The third-order valence-electron chi connectivity index (χ3n) is 2.00. The van der Waals surface area contributed by atoms with E-state index in [2.05, 4.69) is 5.32 Å². The van der Waals surface area contributed by atoms with E-state index in [-0.39, 0.29) is 13.2 Å². The molecule has 0 fully saturated rings. The van der Waals surface area contributed by atoms with Crippen molar-refractivity contribution >= 4 is 11.9 Å². The third kappa shape index (κ3) is 5.70. The quantitative estimate of drug-likeness (QED) is 0.379. The van der Waals surface area contributed by atoms with Crippen molar-refractivity contribution in [2.45, 2.75) is 27.2 Å². The summed E-state index contributed by atoms with van der Waals surface area (Å²) < 4.78 is 9.67. The number of hydrogen-bond donors (Lipinski definition) is 1. The van der Waals surface area contributed by atoms with Gasteiger partial charge in [0.15, 0.2) is 5.92 Å². The number of carbonyl (C=O) groups is 2. The first kappa shape index (κ1) is 14.9. The lowest BCUT2D eigenvalue weighted by molar-refractivity contribution is -0.161. The molecular weight excluding hydrogens is 210 g/mol. The van der Waals surface area contributed by atoms with Crippen LogP contribution in [-0.2, 0) is 19.1 Å². The molecule has 0 unspecified atom stereocenters. The molecule has 94 valence electrons. The van der Waals surface area contributed by atoms with Crippen LogP contribution < -0.4 is 5.32 Å². The molecule has 0 radical (unpaired) electrons. The molecule has 0 aliphatic rings. The van der Waals surface area contributed by atoms with Crippen LogP contribution in [0.15, 0.2) is 0 Å². The summed E-state index contributed by atoms with van der Waals surface area (Å²) in [5.74, 6) is -1.81. The van der Waals surface area contributed by atoms with Crippen molar-refractivity contribution in [3.8, 4) is 0 Å². The van der Waals surface area contributed by atoms with E-state index in [4.69, 9.17) is 9.47 Å². The second kappa shape index (κ2) is 9.15. The van der Waals surface area contributed by atoms with Crippen molar-refractivity contribution in [1.29, 1.82) is 0 Å². The standard InChI is InChI=1S/C11H21NO4/c1-4-12-8-7-9(10(13)15-5-2)11(14)16-6-3/h9,12H,4-8H2,1-3H3. The molecule has 0 aliphatic carbocycles. The maximum Gasteiger partial charge on any atom is 0.320 e. The maximum absolute atomic E-state index is 11.5. The lowest BCUT2D eigenvalue weighted by atomic mass is 10.1. The van der Waals surface area contributed by atoms with Crippen LogP contribution >= 0.6 is 0 Å². The molecule has 0 saturated heterocycles. The third-order valence-corrected chi connectivity index (χ3v) is 2.00. The molecule has 0 atom stereocenters. The van der Waals surface area contributed by atoms with Gasteiger partial charge in [-0.05, 0) is 33.4 Å². The average Bonchev–Trinajstić information content (AvgIpc) is 2.25. The number of ether oxygens (including phenoxy) is 2. The number of rotatable bonds is 8. The van der Waals surface area contributed by atoms with Gasteiger partial charge in [0.25, 0.3) is 0 Å². The van der Waals surface area contributed by atoms with Gasteiger partial charge in [0.05, 0.1) is 13.2 Å². The molecule has 0 aromatic heterocycles. The van der Waals surface area contributed by atoms with Crippen molar-refractivity contribution in [1.82, 2.24) is 5.32 Å². The molecular formula is C11H21NO4. The highest BCUT2D eigenvalue weighted by molar-refractivity contribution is 5.94. The fraction of sp³-hybridized carbons (Fsp3) is 0.818. The summed E-state index contributed by atoms with van der Waals surface area (Å²) in [7, 11) is 0. The van der Waals surface area contributed by atoms with E-state index in [0.717, 1.165) is 6.54 Å². The smallest absolute Gasteiger partial charge is 0.320 e. The second-order valence-electron chi connectivity index (χ2n) is 3.20. The highest BCUT2D eigenvalue weighted by Crippen LogP contribution is 2.08. The Labute approximate surface area is 96.5 Å². The highest BCUT2D eigenvalue weighted by Gasteiger charge is 2.28. The summed E-state index contributed by atoms with van der Waals surface area (Å²) in [4.78, 5) is 23.0. The molecule has 0 rings (SSSR count). The van der Waals surface area contributed by atoms with Crippen molar-refractivity contribution in [2.24, 2.45) is 5.92 Å². The molecule has 0 aliphatic heterocycles. The van der Waals surface area contributed by atoms with Gasteiger partial charge in [-0.15, -0.1) is 0 Å². The van der Waals surface area contributed by atoms with Crippen molar-refractivity contribution < 1.29 is 19.1 Å². The second-order valence-corrected chi connectivity index (χ2v) is 3.20. The molecule has 5 nitrogen and oxygen atoms in total. The Morgan fingerprint density at radius 3 is 1.94 bits per heavy atom. The fourth-order valence-electron chi connectivity index (χ4n) is 1.24. The van der Waals surface area contributed by atoms with Crippen LogP contribution in [0.3, 0.4) is 0 Å². The Balaban J connectivity index is 4.25. The molecule has 0 heterocycles. The Morgan fingerprint density at radius 1 is 1.06 bits per heavy atom. The lowest BCUT2D eigenvalue weighted by Crippen LogP contribution is -2.31. The Hall–Kier alpha value is -1.10. The van der Waals surface area contributed by atoms with Crippen LogP contribution in [0.25, 0.3) is 0 Å². The number of carbonyl (C=O) groups excluding carboxylic acids is 2. The van der Waals surface area contributed by atoms with Gasteiger partial charge >= 0.3 is 11.9 Å². The van der Waals surface area contributed by atoms with Gasteiger partial charge in [-0.2, -0.15) is 0 Å². The summed E-state index contributed by atoms with van der Waals surface area (Å²) in [6, 6.07) is 0. The van der Waals surface area contributed by atoms with Crippen LogP contribution in [0, 0.1) is 5.92 Å². The largest absolute Gasteiger partial charge is 0.465 e. The van der Waals surface area contributed by atoms with E-state index < -0.39 is 17.9 Å². The minimum absolute atomic E-state index is 0.274. The topological polar surface area (TPSA) is 64.6 Å². The minimum atomic E-state index is -0.807. The highest BCUT2D eigenvalue weighted by atomic mass is 16.6. The van der Waals surface area contributed by atoms with E-state index in [9.17, 15) is 9.59 Å². The normalized spacial score (nSPS) is 10.2. The van der Waals surface area contributed by atoms with E-state index in [0.29, 0.717) is 13.0 Å². The summed E-state index contributed by atoms with van der Waals surface area (Å²) in [5.41, 5.74) is 0. The van der Waals surface area contributed by atoms with E-state index in [1.165, 1.54) is 0 Å². The monoisotopic (exact) mass is 231 g/mol. The summed E-state index contributed by atoms with van der Waals surface area (Å²) >= 11 is 0. The Morgan fingerprint density at radius 2 is 1.56 bits per heavy atom. The Kier molecular flexibility index (Phi) is 8.52. The van der Waals surface area contributed by atoms with E-state index >= 15 is 0 Å². The zero-order chi connectivity index (χ0) is 12.4. The van der Waals surface area contributed by atoms with Crippen LogP contribution in [0.1, 0.15) is 27.2 Å². The molecule has 1 N–H and O–H groups in total. The van der Waals surface area contributed by atoms with Crippen molar-refractivity contribution in [3.05, 3.63) is 0 Å². The average molecular weight is 231 g/mol. The van der Waals surface area contributed by atoms with Crippen LogP contribution in [0.5, 0.6) is 0 Å². The van der Waals surface area contributed by atoms with Gasteiger partial charge in [-0.25, -0.2) is 0 Å². The molecule has 0 aromatic rings. The zero-order valence-electron chi connectivity index (χ0n) is 10.2. The summed E-state index contributed by atoms with van der Waals surface area (Å²) in [5, 5.41) is 3.06. The predicted octanol–water partition coefficient (Wildman–Crippen LogP) is 0.728. The lowest BCUT2D eigenvalue weighted by Gasteiger charge is -2.14. The fourth-order valence-corrected chi connectivity index (χ4v) is 1.24. The van der Waals surface area contributed by atoms with Gasteiger partial charge in [0, 0.05) is 0 Å². The molecule has 0 spiro atoms. The van der Waals surface area contributed by atoms with Gasteiger partial charge in [-0.1, -0.05) is 6.92 Å².